The van der Waals surface area contributed by atoms with Crippen LogP contribution in [0.5, 0.6) is 0 Å². The molecule has 8 nitrogen and oxygen atoms in total. The van der Waals surface area contributed by atoms with E-state index in [1.54, 1.807) is 18.6 Å². The quantitative estimate of drug-likeness (QED) is 0.847. The summed E-state index contributed by atoms with van der Waals surface area (Å²) in [6.45, 7) is 1.41. The maximum Gasteiger partial charge on any atom is 0.270 e. The lowest BCUT2D eigenvalue weighted by Gasteiger charge is -2.31. The highest BCUT2D eigenvalue weighted by Gasteiger charge is 2.29. The lowest BCUT2D eigenvalue weighted by Crippen LogP contribution is -2.47. The minimum atomic E-state index is -0.312. The second kappa shape index (κ2) is 7.13. The number of aryl methyl sites for hydroxylation is 1. The van der Waals surface area contributed by atoms with Crippen molar-refractivity contribution in [1.82, 2.24) is 24.8 Å². The molecule has 2 fully saturated rings. The van der Waals surface area contributed by atoms with E-state index in [-0.39, 0.29) is 24.0 Å². The predicted octanol–water partition coefficient (Wildman–Crippen LogP) is 1.02. The van der Waals surface area contributed by atoms with Gasteiger partial charge in [-0.15, -0.1) is 0 Å². The van der Waals surface area contributed by atoms with Crippen molar-refractivity contribution in [3.8, 4) is 11.5 Å². The first-order valence-electron chi connectivity index (χ1n) is 9.02. The van der Waals surface area contributed by atoms with Crippen LogP contribution in [0.4, 0.5) is 0 Å². The first-order valence-corrected chi connectivity index (χ1v) is 9.02. The highest BCUT2D eigenvalue weighted by atomic mass is 16.5. The molecule has 0 radical (unpaired) electrons. The van der Waals surface area contributed by atoms with Crippen molar-refractivity contribution < 1.29 is 14.6 Å². The lowest BCUT2D eigenvalue weighted by atomic mass is 9.89. The standard InChI is InChI=1S/C18H23N5O3/c1-23-10-19-9-16(23)17-21-14(11-2-4-26-5-3-11)8-15(22-17)18(25)20-12-6-13(24)7-12/h8-13,24H,2-7H2,1H3,(H,20,25). The van der Waals surface area contributed by atoms with Crippen LogP contribution in [0.2, 0.25) is 0 Å². The van der Waals surface area contributed by atoms with Crippen LogP contribution in [-0.4, -0.2) is 55.9 Å². The molecule has 26 heavy (non-hydrogen) atoms. The molecule has 0 bridgehead atoms. The largest absolute Gasteiger partial charge is 0.393 e. The number of aromatic nitrogens is 4. The fourth-order valence-corrected chi connectivity index (χ4v) is 3.44. The number of imidazole rings is 1. The summed E-state index contributed by atoms with van der Waals surface area (Å²) in [6, 6.07) is 1.81. The van der Waals surface area contributed by atoms with Gasteiger partial charge in [0.2, 0.25) is 0 Å². The molecule has 0 unspecified atom stereocenters. The number of aliphatic hydroxyl groups is 1. The smallest absolute Gasteiger partial charge is 0.270 e. The fourth-order valence-electron chi connectivity index (χ4n) is 3.44. The number of nitrogens with zero attached hydrogens (tertiary/aromatic N) is 4. The van der Waals surface area contributed by atoms with Gasteiger partial charge in [-0.25, -0.2) is 15.0 Å². The summed E-state index contributed by atoms with van der Waals surface area (Å²) in [7, 11) is 1.88. The van der Waals surface area contributed by atoms with Crippen LogP contribution in [0.3, 0.4) is 0 Å². The third kappa shape index (κ3) is 3.47. The molecule has 0 spiro atoms. The third-order valence-electron chi connectivity index (χ3n) is 5.11. The van der Waals surface area contributed by atoms with Crippen molar-refractivity contribution in [2.24, 2.45) is 7.05 Å². The molecule has 2 aliphatic rings. The van der Waals surface area contributed by atoms with E-state index >= 15 is 0 Å². The van der Waals surface area contributed by atoms with E-state index in [0.29, 0.717) is 37.6 Å². The SMILES string of the molecule is Cn1cncc1-c1nc(C(=O)NC2CC(O)C2)cc(C2CCOCC2)n1. The Hall–Kier alpha value is -2.32. The minimum Gasteiger partial charge on any atom is -0.393 e. The topological polar surface area (TPSA) is 102 Å². The number of hydrogen-bond acceptors (Lipinski definition) is 6. The van der Waals surface area contributed by atoms with Gasteiger partial charge in [0.25, 0.3) is 5.91 Å². The maximum absolute atomic E-state index is 12.7. The van der Waals surface area contributed by atoms with Gasteiger partial charge in [-0.1, -0.05) is 0 Å². The molecule has 2 N–H and O–H groups in total. The Bertz CT molecular complexity index is 794. The second-order valence-electron chi connectivity index (χ2n) is 7.07. The Morgan fingerprint density at radius 3 is 2.73 bits per heavy atom. The Kier molecular flexibility index (Phi) is 4.69. The maximum atomic E-state index is 12.7. The summed E-state index contributed by atoms with van der Waals surface area (Å²) in [6.07, 6.45) is 6.04. The normalized spacial score (nSPS) is 23.5. The number of amides is 1. The molecule has 3 heterocycles. The van der Waals surface area contributed by atoms with Crippen LogP contribution in [-0.2, 0) is 11.8 Å². The summed E-state index contributed by atoms with van der Waals surface area (Å²) >= 11 is 0. The zero-order valence-corrected chi connectivity index (χ0v) is 14.8. The van der Waals surface area contributed by atoms with Crippen LogP contribution in [0.15, 0.2) is 18.6 Å². The van der Waals surface area contributed by atoms with Crippen LogP contribution in [0.25, 0.3) is 11.5 Å². The molecular weight excluding hydrogens is 334 g/mol. The van der Waals surface area contributed by atoms with E-state index in [0.717, 1.165) is 24.2 Å². The van der Waals surface area contributed by atoms with Gasteiger partial charge in [0.05, 0.1) is 18.6 Å². The Morgan fingerprint density at radius 2 is 2.08 bits per heavy atom. The average Bonchev–Trinajstić information content (AvgIpc) is 3.07. The van der Waals surface area contributed by atoms with Gasteiger partial charge >= 0.3 is 0 Å². The van der Waals surface area contributed by atoms with Crippen molar-refractivity contribution in [1.29, 1.82) is 0 Å². The highest BCUT2D eigenvalue weighted by molar-refractivity contribution is 5.93. The molecule has 1 amide bonds. The highest BCUT2D eigenvalue weighted by Crippen LogP contribution is 2.28. The van der Waals surface area contributed by atoms with E-state index in [9.17, 15) is 9.90 Å². The molecule has 1 aliphatic carbocycles. The van der Waals surface area contributed by atoms with Crippen LogP contribution < -0.4 is 5.32 Å². The van der Waals surface area contributed by atoms with Crippen molar-refractivity contribution in [2.45, 2.75) is 43.7 Å². The molecular formula is C18H23N5O3. The number of aliphatic hydroxyl groups excluding tert-OH is 1. The summed E-state index contributed by atoms with van der Waals surface area (Å²) in [5.41, 5.74) is 2.00. The van der Waals surface area contributed by atoms with Crippen LogP contribution in [0, 0.1) is 0 Å². The Morgan fingerprint density at radius 1 is 1.31 bits per heavy atom. The molecule has 2 aromatic rings. The monoisotopic (exact) mass is 357 g/mol. The van der Waals surface area contributed by atoms with Gasteiger partial charge in [0.15, 0.2) is 5.82 Å². The lowest BCUT2D eigenvalue weighted by molar-refractivity contribution is 0.0560. The number of carbonyl (C=O) groups is 1. The third-order valence-corrected chi connectivity index (χ3v) is 5.11. The van der Waals surface area contributed by atoms with E-state index < -0.39 is 0 Å². The molecule has 8 heteroatoms. The molecule has 4 rings (SSSR count). The van der Waals surface area contributed by atoms with Gasteiger partial charge < -0.3 is 19.7 Å². The van der Waals surface area contributed by atoms with Crippen LogP contribution in [0.1, 0.15) is 47.8 Å². The molecule has 2 aromatic heterocycles. The van der Waals surface area contributed by atoms with Gasteiger partial charge in [-0.05, 0) is 31.7 Å². The second-order valence-corrected chi connectivity index (χ2v) is 7.07. The molecule has 0 aromatic carbocycles. The average molecular weight is 357 g/mol. The molecule has 1 aliphatic heterocycles. The molecule has 1 saturated heterocycles. The Balaban J connectivity index is 1.65. The van der Waals surface area contributed by atoms with Gasteiger partial charge in [0.1, 0.15) is 11.4 Å². The summed E-state index contributed by atoms with van der Waals surface area (Å²) in [5, 5.41) is 12.4. The predicted molar refractivity (Wildman–Crippen MR) is 93.5 cm³/mol. The van der Waals surface area contributed by atoms with Gasteiger partial charge in [0, 0.05) is 37.9 Å². The van der Waals surface area contributed by atoms with E-state index in [4.69, 9.17) is 9.72 Å². The zero-order valence-electron chi connectivity index (χ0n) is 14.8. The number of rotatable bonds is 4. The van der Waals surface area contributed by atoms with E-state index in [2.05, 4.69) is 15.3 Å². The van der Waals surface area contributed by atoms with Crippen molar-refractivity contribution >= 4 is 5.91 Å². The molecule has 138 valence electrons. The molecule has 1 saturated carbocycles. The zero-order chi connectivity index (χ0) is 18.1. The van der Waals surface area contributed by atoms with E-state index in [1.807, 2.05) is 11.6 Å². The summed E-state index contributed by atoms with van der Waals surface area (Å²) in [5.74, 6) is 0.546. The van der Waals surface area contributed by atoms with Crippen molar-refractivity contribution in [2.75, 3.05) is 13.2 Å². The molecule has 0 atom stereocenters. The van der Waals surface area contributed by atoms with Gasteiger partial charge in [-0.2, -0.15) is 0 Å². The number of nitrogens with one attached hydrogen (secondary N) is 1. The van der Waals surface area contributed by atoms with Crippen molar-refractivity contribution in [3.63, 3.8) is 0 Å². The Labute approximate surface area is 151 Å². The van der Waals surface area contributed by atoms with Gasteiger partial charge in [-0.3, -0.25) is 4.79 Å². The van der Waals surface area contributed by atoms with E-state index in [1.165, 1.54) is 0 Å². The number of ether oxygens (including phenoxy) is 1. The summed E-state index contributed by atoms with van der Waals surface area (Å²) in [4.78, 5) is 26.0. The first-order chi connectivity index (χ1) is 12.6. The summed E-state index contributed by atoms with van der Waals surface area (Å²) < 4.78 is 7.29. The van der Waals surface area contributed by atoms with Crippen LogP contribution >= 0.6 is 0 Å². The number of hydrogen-bond donors (Lipinski definition) is 2. The minimum absolute atomic E-state index is 0.0131. The number of carbonyl (C=O) groups excluding carboxylic acids is 1. The fraction of sp³-hybridized carbons (Fsp3) is 0.556. The van der Waals surface area contributed by atoms with Crippen molar-refractivity contribution in [3.05, 3.63) is 30.0 Å². The first kappa shape index (κ1) is 17.1.